The van der Waals surface area contributed by atoms with Gasteiger partial charge in [-0.15, -0.1) is 5.10 Å². The Hall–Kier alpha value is -2.12. The van der Waals surface area contributed by atoms with Crippen LogP contribution in [-0.2, 0) is 0 Å². The molecule has 3 aromatic rings. The number of rotatable bonds is 5. The Bertz CT molecular complexity index is 822. The van der Waals surface area contributed by atoms with E-state index in [2.05, 4.69) is 15.4 Å². The highest BCUT2D eigenvalue weighted by Crippen LogP contribution is 2.31. The molecule has 0 aliphatic carbocycles. The Balaban J connectivity index is 1.83. The summed E-state index contributed by atoms with van der Waals surface area (Å²) in [7, 11) is 0. The Labute approximate surface area is 144 Å². The zero-order valence-corrected chi connectivity index (χ0v) is 15.1. The van der Waals surface area contributed by atoms with Gasteiger partial charge in [0.05, 0.1) is 16.5 Å². The minimum absolute atomic E-state index is 0.214. The molecule has 0 saturated heterocycles. The van der Waals surface area contributed by atoms with Crippen molar-refractivity contribution in [1.82, 2.24) is 14.8 Å². The van der Waals surface area contributed by atoms with Gasteiger partial charge in [-0.2, -0.15) is 4.98 Å². The fourth-order valence-electron chi connectivity index (χ4n) is 2.62. The van der Waals surface area contributed by atoms with Crippen molar-refractivity contribution in [2.24, 2.45) is 0 Å². The molecule has 0 atom stereocenters. The second kappa shape index (κ2) is 6.07. The number of benzene rings is 1. The van der Waals surface area contributed by atoms with E-state index in [-0.39, 0.29) is 5.75 Å². The van der Waals surface area contributed by atoms with Crippen LogP contribution in [0.1, 0.15) is 31.4 Å². The molecule has 7 heteroatoms. The Morgan fingerprint density at radius 1 is 1.29 bits per heavy atom. The summed E-state index contributed by atoms with van der Waals surface area (Å²) >= 11 is 1.51. The van der Waals surface area contributed by atoms with Gasteiger partial charge >= 0.3 is 0 Å². The monoisotopic (exact) mass is 346 g/mol. The number of anilines is 1. The summed E-state index contributed by atoms with van der Waals surface area (Å²) in [6.45, 7) is 8.12. The Morgan fingerprint density at radius 3 is 2.67 bits per heavy atom. The quantitative estimate of drug-likeness (QED) is 0.660. The van der Waals surface area contributed by atoms with Crippen molar-refractivity contribution < 1.29 is 10.2 Å². The van der Waals surface area contributed by atoms with Crippen molar-refractivity contribution in [2.75, 3.05) is 11.9 Å². The SMILES string of the molecule is Cc1cc(C)c(-n2cc3sc(NCCC(C)(C)O)nc3n2)c(O)c1. The average Bonchev–Trinajstić information content (AvgIpc) is 2.93. The molecule has 1 aromatic carbocycles. The van der Waals surface area contributed by atoms with Gasteiger partial charge in [0.2, 0.25) is 0 Å². The van der Waals surface area contributed by atoms with Crippen LogP contribution in [0.2, 0.25) is 0 Å². The van der Waals surface area contributed by atoms with Gasteiger partial charge in [0.1, 0.15) is 11.4 Å². The first-order valence-electron chi connectivity index (χ1n) is 7.86. The van der Waals surface area contributed by atoms with Crippen LogP contribution < -0.4 is 5.32 Å². The second-order valence-electron chi connectivity index (χ2n) is 6.72. The summed E-state index contributed by atoms with van der Waals surface area (Å²) in [6, 6.07) is 3.75. The van der Waals surface area contributed by atoms with E-state index in [0.717, 1.165) is 21.0 Å². The lowest BCUT2D eigenvalue weighted by molar-refractivity contribution is 0.0749. The van der Waals surface area contributed by atoms with E-state index >= 15 is 0 Å². The van der Waals surface area contributed by atoms with Gasteiger partial charge in [0, 0.05) is 6.54 Å². The number of aromatic hydroxyl groups is 1. The largest absolute Gasteiger partial charge is 0.506 e. The molecule has 0 aliphatic heterocycles. The molecule has 0 saturated carbocycles. The number of aromatic nitrogens is 3. The smallest absolute Gasteiger partial charge is 0.194 e. The van der Waals surface area contributed by atoms with Gasteiger partial charge in [0.25, 0.3) is 0 Å². The van der Waals surface area contributed by atoms with Crippen molar-refractivity contribution in [3.63, 3.8) is 0 Å². The third-order valence-electron chi connectivity index (χ3n) is 3.74. The second-order valence-corrected chi connectivity index (χ2v) is 7.75. The first kappa shape index (κ1) is 16.7. The van der Waals surface area contributed by atoms with Crippen molar-refractivity contribution in [3.8, 4) is 11.4 Å². The third kappa shape index (κ3) is 3.52. The van der Waals surface area contributed by atoms with Gasteiger partial charge in [-0.25, -0.2) is 4.68 Å². The number of phenols is 1. The van der Waals surface area contributed by atoms with Crippen LogP contribution in [0.3, 0.4) is 0 Å². The normalized spacial score (nSPS) is 12.0. The van der Waals surface area contributed by atoms with Crippen LogP contribution in [0.25, 0.3) is 16.0 Å². The lowest BCUT2D eigenvalue weighted by Crippen LogP contribution is -2.22. The van der Waals surface area contributed by atoms with Gasteiger partial charge in [-0.1, -0.05) is 17.4 Å². The van der Waals surface area contributed by atoms with Crippen molar-refractivity contribution in [2.45, 2.75) is 39.7 Å². The van der Waals surface area contributed by atoms with Crippen LogP contribution in [0.5, 0.6) is 5.75 Å². The minimum Gasteiger partial charge on any atom is -0.506 e. The number of fused-ring (bicyclic) bond motifs is 1. The van der Waals surface area contributed by atoms with Gasteiger partial charge in [-0.05, 0) is 51.3 Å². The first-order valence-corrected chi connectivity index (χ1v) is 8.68. The van der Waals surface area contributed by atoms with Crippen LogP contribution in [0, 0.1) is 13.8 Å². The first-order chi connectivity index (χ1) is 11.2. The standard InChI is InChI=1S/C17H22N4O2S/c1-10-7-11(2)14(12(22)8-10)21-9-13-15(20-21)19-16(24-13)18-6-5-17(3,4)23/h7-9,22-23H,5-6H2,1-4H3,(H,18,19,20). The van der Waals surface area contributed by atoms with Gasteiger partial charge in [0.15, 0.2) is 10.8 Å². The van der Waals surface area contributed by atoms with E-state index in [0.29, 0.717) is 24.3 Å². The van der Waals surface area contributed by atoms with Crippen LogP contribution in [-0.4, -0.2) is 37.1 Å². The molecule has 0 unspecified atom stereocenters. The van der Waals surface area contributed by atoms with Crippen molar-refractivity contribution in [3.05, 3.63) is 29.5 Å². The highest BCUT2D eigenvalue weighted by Gasteiger charge is 2.15. The van der Waals surface area contributed by atoms with E-state index in [1.165, 1.54) is 11.3 Å². The number of hydrogen-bond donors (Lipinski definition) is 3. The molecule has 2 aromatic heterocycles. The molecule has 3 N–H and O–H groups in total. The highest BCUT2D eigenvalue weighted by molar-refractivity contribution is 7.22. The summed E-state index contributed by atoms with van der Waals surface area (Å²) in [5, 5.41) is 28.4. The summed E-state index contributed by atoms with van der Waals surface area (Å²) in [5.74, 6) is 0.214. The number of nitrogens with zero attached hydrogens (tertiary/aromatic N) is 3. The maximum Gasteiger partial charge on any atom is 0.194 e. The fourth-order valence-corrected chi connectivity index (χ4v) is 3.47. The lowest BCUT2D eigenvalue weighted by atomic mass is 10.1. The molecule has 24 heavy (non-hydrogen) atoms. The van der Waals surface area contributed by atoms with Crippen LogP contribution in [0.15, 0.2) is 18.3 Å². The Morgan fingerprint density at radius 2 is 2.04 bits per heavy atom. The zero-order valence-electron chi connectivity index (χ0n) is 14.3. The maximum absolute atomic E-state index is 10.2. The number of aliphatic hydroxyl groups is 1. The molecular formula is C17H22N4O2S. The highest BCUT2D eigenvalue weighted by atomic mass is 32.1. The van der Waals surface area contributed by atoms with Gasteiger partial charge < -0.3 is 15.5 Å². The molecule has 2 heterocycles. The van der Waals surface area contributed by atoms with E-state index < -0.39 is 5.60 Å². The summed E-state index contributed by atoms with van der Waals surface area (Å²) < 4.78 is 2.62. The molecular weight excluding hydrogens is 324 g/mol. The summed E-state index contributed by atoms with van der Waals surface area (Å²) in [5.41, 5.74) is 2.61. The van der Waals surface area contributed by atoms with E-state index in [1.54, 1.807) is 24.6 Å². The molecule has 0 aliphatic rings. The Kier molecular flexibility index (Phi) is 4.23. The third-order valence-corrected chi connectivity index (χ3v) is 4.68. The minimum atomic E-state index is -0.694. The maximum atomic E-state index is 10.2. The predicted octanol–water partition coefficient (Wildman–Crippen LogP) is 3.38. The van der Waals surface area contributed by atoms with E-state index in [1.807, 2.05) is 26.1 Å². The van der Waals surface area contributed by atoms with E-state index in [9.17, 15) is 10.2 Å². The number of aryl methyl sites for hydroxylation is 2. The number of thiazole rings is 1. The fraction of sp³-hybridized carbons (Fsp3) is 0.412. The molecule has 6 nitrogen and oxygen atoms in total. The molecule has 3 rings (SSSR count). The molecule has 0 radical (unpaired) electrons. The number of phenolic OH excluding ortho intramolecular Hbond substituents is 1. The molecule has 128 valence electrons. The molecule has 0 spiro atoms. The topological polar surface area (TPSA) is 83.2 Å². The number of nitrogens with one attached hydrogen (secondary N) is 1. The zero-order chi connectivity index (χ0) is 17.5. The molecule has 0 fully saturated rings. The average molecular weight is 346 g/mol. The molecule has 0 amide bonds. The summed E-state index contributed by atoms with van der Waals surface area (Å²) in [4.78, 5) is 4.47. The predicted molar refractivity (Wildman–Crippen MR) is 97.3 cm³/mol. The molecule has 0 bridgehead atoms. The lowest BCUT2D eigenvalue weighted by Gasteiger charge is -2.16. The summed E-state index contributed by atoms with van der Waals surface area (Å²) in [6.07, 6.45) is 2.52. The van der Waals surface area contributed by atoms with Crippen molar-refractivity contribution >= 4 is 26.8 Å². The van der Waals surface area contributed by atoms with Crippen LogP contribution in [0.4, 0.5) is 5.13 Å². The van der Waals surface area contributed by atoms with E-state index in [4.69, 9.17) is 0 Å². The van der Waals surface area contributed by atoms with Gasteiger partial charge in [-0.3, -0.25) is 0 Å². The van der Waals surface area contributed by atoms with Crippen LogP contribution >= 0.6 is 11.3 Å². The van der Waals surface area contributed by atoms with Crippen molar-refractivity contribution in [1.29, 1.82) is 0 Å². The number of hydrogen-bond acceptors (Lipinski definition) is 6.